The van der Waals surface area contributed by atoms with Crippen LogP contribution in [0.15, 0.2) is 9.59 Å². The number of nitrogens with one attached hydrogen (secondary N) is 2. The summed E-state index contributed by atoms with van der Waals surface area (Å²) >= 11 is 0. The van der Waals surface area contributed by atoms with Gasteiger partial charge in [-0.1, -0.05) is 0 Å². The van der Waals surface area contributed by atoms with Gasteiger partial charge in [-0.3, -0.25) is 14.7 Å². The average molecular weight is 268 g/mol. The lowest BCUT2D eigenvalue weighted by atomic mass is 10.0. The molecule has 1 aromatic rings. The van der Waals surface area contributed by atoms with E-state index in [1.54, 1.807) is 0 Å². The fourth-order valence-electron chi connectivity index (χ4n) is 2.21. The minimum atomic E-state index is -0.586. The van der Waals surface area contributed by atoms with Gasteiger partial charge in [-0.2, -0.15) is 0 Å². The van der Waals surface area contributed by atoms with Crippen LogP contribution in [0.25, 0.3) is 0 Å². The van der Waals surface area contributed by atoms with E-state index < -0.39 is 11.2 Å². The molecule has 0 aromatic carbocycles. The predicted octanol–water partition coefficient (Wildman–Crippen LogP) is -1.68. The second-order valence-corrected chi connectivity index (χ2v) is 5.32. The Hall–Kier alpha value is -1.67. The molecular formula is C11H20N6O2. The number of anilines is 1. The van der Waals surface area contributed by atoms with Gasteiger partial charge in [-0.25, -0.2) is 9.89 Å². The van der Waals surface area contributed by atoms with Crippen molar-refractivity contribution in [1.29, 1.82) is 0 Å². The fourth-order valence-corrected chi connectivity index (χ4v) is 2.21. The summed E-state index contributed by atoms with van der Waals surface area (Å²) in [6, 6.07) is 0. The summed E-state index contributed by atoms with van der Waals surface area (Å²) in [5.41, 5.74) is 4.68. The summed E-state index contributed by atoms with van der Waals surface area (Å²) in [5, 5.41) is 6.06. The molecule has 0 amide bonds. The highest BCUT2D eigenvalue weighted by Crippen LogP contribution is 2.16. The van der Waals surface area contributed by atoms with Crippen molar-refractivity contribution < 1.29 is 0 Å². The molecule has 0 aliphatic carbocycles. The Labute approximate surface area is 110 Å². The van der Waals surface area contributed by atoms with Gasteiger partial charge in [0, 0.05) is 38.3 Å². The first-order valence-corrected chi connectivity index (χ1v) is 6.33. The van der Waals surface area contributed by atoms with Gasteiger partial charge in [-0.05, 0) is 13.8 Å². The molecule has 4 N–H and O–H groups in total. The number of piperazine rings is 1. The van der Waals surface area contributed by atoms with E-state index in [1.165, 1.54) is 0 Å². The van der Waals surface area contributed by atoms with E-state index in [2.05, 4.69) is 33.9 Å². The van der Waals surface area contributed by atoms with Crippen molar-refractivity contribution in [2.75, 3.05) is 37.6 Å². The Bertz CT molecular complexity index is 541. The first kappa shape index (κ1) is 13.8. The van der Waals surface area contributed by atoms with E-state index in [9.17, 15) is 9.59 Å². The van der Waals surface area contributed by atoms with E-state index in [1.807, 2.05) is 4.90 Å². The molecule has 0 radical (unpaired) electrons. The average Bonchev–Trinajstić information content (AvgIpc) is 2.39. The molecule has 8 heteroatoms. The van der Waals surface area contributed by atoms with Crippen LogP contribution in [0.2, 0.25) is 0 Å². The second-order valence-electron chi connectivity index (χ2n) is 5.32. The van der Waals surface area contributed by atoms with Crippen molar-refractivity contribution in [3.63, 3.8) is 0 Å². The van der Waals surface area contributed by atoms with Crippen molar-refractivity contribution in [3.05, 3.63) is 20.8 Å². The third kappa shape index (κ3) is 2.85. The van der Waals surface area contributed by atoms with Crippen molar-refractivity contribution in [1.82, 2.24) is 20.1 Å². The van der Waals surface area contributed by atoms with Gasteiger partial charge in [0.2, 0.25) is 5.82 Å². The Kier molecular flexibility index (Phi) is 3.72. The molecule has 2 heterocycles. The van der Waals surface area contributed by atoms with E-state index in [0.717, 1.165) is 13.1 Å². The van der Waals surface area contributed by atoms with Crippen LogP contribution in [-0.2, 0) is 0 Å². The van der Waals surface area contributed by atoms with Gasteiger partial charge in [0.25, 0.3) is 5.56 Å². The monoisotopic (exact) mass is 268 g/mol. The Morgan fingerprint density at radius 2 is 1.89 bits per heavy atom. The van der Waals surface area contributed by atoms with Crippen LogP contribution in [0.1, 0.15) is 13.8 Å². The van der Waals surface area contributed by atoms with Crippen molar-refractivity contribution in [3.8, 4) is 0 Å². The zero-order valence-corrected chi connectivity index (χ0v) is 11.3. The van der Waals surface area contributed by atoms with E-state index in [-0.39, 0.29) is 11.4 Å². The van der Waals surface area contributed by atoms with Gasteiger partial charge < -0.3 is 10.6 Å². The SMILES string of the molecule is CC(C)(CN)N1CCN(c2n[nH]c(=O)[nH]c2=O)CC1. The number of rotatable bonds is 3. The topological polar surface area (TPSA) is 111 Å². The number of hydrogen-bond donors (Lipinski definition) is 3. The van der Waals surface area contributed by atoms with Crippen molar-refractivity contribution >= 4 is 5.82 Å². The highest BCUT2D eigenvalue weighted by molar-refractivity contribution is 5.34. The maximum atomic E-state index is 11.7. The lowest BCUT2D eigenvalue weighted by Gasteiger charge is -2.43. The quantitative estimate of drug-likeness (QED) is 0.603. The largest absolute Gasteiger partial charge is 0.348 e. The number of nitrogens with zero attached hydrogens (tertiary/aromatic N) is 3. The summed E-state index contributed by atoms with van der Waals surface area (Å²) in [7, 11) is 0. The predicted molar refractivity (Wildman–Crippen MR) is 72.4 cm³/mol. The molecule has 0 spiro atoms. The van der Waals surface area contributed by atoms with Gasteiger partial charge in [0.15, 0.2) is 0 Å². The number of H-pyrrole nitrogens is 2. The molecule has 0 saturated carbocycles. The lowest BCUT2D eigenvalue weighted by Crippen LogP contribution is -2.58. The molecule has 1 aliphatic heterocycles. The van der Waals surface area contributed by atoms with Crippen LogP contribution < -0.4 is 21.9 Å². The van der Waals surface area contributed by atoms with E-state index >= 15 is 0 Å². The van der Waals surface area contributed by atoms with Crippen molar-refractivity contribution in [2.45, 2.75) is 19.4 Å². The Morgan fingerprint density at radius 1 is 1.26 bits per heavy atom. The maximum absolute atomic E-state index is 11.7. The molecule has 1 aromatic heterocycles. The molecule has 1 saturated heterocycles. The smallest absolute Gasteiger partial charge is 0.342 e. The van der Waals surface area contributed by atoms with Gasteiger partial charge in [-0.15, -0.1) is 5.10 Å². The highest BCUT2D eigenvalue weighted by Gasteiger charge is 2.29. The minimum absolute atomic E-state index is 0.0447. The van der Waals surface area contributed by atoms with Crippen LogP contribution >= 0.6 is 0 Å². The molecular weight excluding hydrogens is 248 g/mol. The van der Waals surface area contributed by atoms with Gasteiger partial charge in [0.05, 0.1) is 0 Å². The molecule has 0 unspecified atom stereocenters. The molecule has 2 rings (SSSR count). The minimum Gasteiger partial charge on any atom is -0.348 e. The number of nitrogens with two attached hydrogens (primary N) is 1. The molecule has 1 aliphatic rings. The number of aromatic amines is 2. The summed E-state index contributed by atoms with van der Waals surface area (Å²) in [6.45, 7) is 7.79. The summed E-state index contributed by atoms with van der Waals surface area (Å²) in [5.74, 6) is 0.268. The summed E-state index contributed by atoms with van der Waals surface area (Å²) in [4.78, 5) is 28.9. The van der Waals surface area contributed by atoms with Gasteiger partial charge >= 0.3 is 5.69 Å². The van der Waals surface area contributed by atoms with Crippen LogP contribution in [0.4, 0.5) is 5.82 Å². The Morgan fingerprint density at radius 3 is 2.42 bits per heavy atom. The van der Waals surface area contributed by atoms with E-state index in [0.29, 0.717) is 19.6 Å². The lowest BCUT2D eigenvalue weighted by molar-refractivity contribution is 0.118. The first-order chi connectivity index (χ1) is 8.94. The Balaban J connectivity index is 2.08. The zero-order valence-electron chi connectivity index (χ0n) is 11.3. The van der Waals surface area contributed by atoms with E-state index in [4.69, 9.17) is 5.73 Å². The molecule has 8 nitrogen and oxygen atoms in total. The molecule has 0 atom stereocenters. The first-order valence-electron chi connectivity index (χ1n) is 6.33. The third-order valence-corrected chi connectivity index (χ3v) is 3.63. The van der Waals surface area contributed by atoms with Gasteiger partial charge in [0.1, 0.15) is 0 Å². The van der Waals surface area contributed by atoms with Crippen LogP contribution in [0.3, 0.4) is 0 Å². The van der Waals surface area contributed by atoms with Crippen LogP contribution in [0, 0.1) is 0 Å². The highest BCUT2D eigenvalue weighted by atomic mass is 16.2. The normalized spacial score (nSPS) is 17.7. The fraction of sp³-hybridized carbons (Fsp3) is 0.727. The maximum Gasteiger partial charge on any atom is 0.342 e. The standard InChI is InChI=1S/C11H20N6O2/c1-11(2,7-12)17-5-3-16(4-6-17)8-9(18)13-10(19)15-14-8/h3-7,12H2,1-2H3,(H2,13,15,18,19). The number of hydrogen-bond acceptors (Lipinski definition) is 6. The van der Waals surface area contributed by atoms with Crippen LogP contribution in [-0.4, -0.2) is 58.3 Å². The molecule has 0 bridgehead atoms. The number of aromatic nitrogens is 3. The molecule has 1 fully saturated rings. The summed E-state index contributed by atoms with van der Waals surface area (Å²) < 4.78 is 0. The van der Waals surface area contributed by atoms with Crippen molar-refractivity contribution in [2.24, 2.45) is 5.73 Å². The second kappa shape index (κ2) is 5.14. The molecule has 106 valence electrons. The van der Waals surface area contributed by atoms with Crippen LogP contribution in [0.5, 0.6) is 0 Å². The zero-order chi connectivity index (χ0) is 14.0. The third-order valence-electron chi connectivity index (χ3n) is 3.63. The summed E-state index contributed by atoms with van der Waals surface area (Å²) in [6.07, 6.45) is 0. The molecule has 19 heavy (non-hydrogen) atoms.